The minimum atomic E-state index is -1.05. The van der Waals surface area contributed by atoms with Crippen LogP contribution in [0.5, 0.6) is 5.88 Å². The van der Waals surface area contributed by atoms with E-state index < -0.39 is 5.97 Å². The van der Waals surface area contributed by atoms with E-state index in [0.717, 1.165) is 56.2 Å². The molecule has 10 nitrogen and oxygen atoms in total. The number of likely N-dealkylation sites (tertiary alicyclic amines) is 1. The quantitative estimate of drug-likeness (QED) is 0.331. The van der Waals surface area contributed by atoms with Crippen molar-refractivity contribution in [1.82, 2.24) is 29.4 Å². The zero-order valence-corrected chi connectivity index (χ0v) is 22.1. The monoisotopic (exact) mass is 548 g/mol. The molecule has 6 heterocycles. The van der Waals surface area contributed by atoms with Gasteiger partial charge in [0.15, 0.2) is 11.3 Å². The Labute approximate surface area is 230 Å². The third-order valence-electron chi connectivity index (χ3n) is 7.19. The summed E-state index contributed by atoms with van der Waals surface area (Å²) in [5, 5.41) is 10.0. The van der Waals surface area contributed by atoms with E-state index in [4.69, 9.17) is 26.1 Å². The zero-order valence-electron chi connectivity index (χ0n) is 21.4. The lowest BCUT2D eigenvalue weighted by Crippen LogP contribution is -2.39. The molecule has 2 aliphatic heterocycles. The molecule has 1 N–H and O–H groups in total. The SMILES string of the molecule is O=C(O)c1ccc2nc(CN3CCC(Oc4cccc(Cc5ccc(Cl)cn5)n4)CC3)n(CC3CCO3)c2n1. The van der Waals surface area contributed by atoms with E-state index >= 15 is 0 Å². The summed E-state index contributed by atoms with van der Waals surface area (Å²) in [6.07, 6.45) is 5.17. The number of aromatic nitrogens is 5. The fourth-order valence-corrected chi connectivity index (χ4v) is 5.10. The Morgan fingerprint density at radius 3 is 2.62 bits per heavy atom. The predicted molar refractivity (Wildman–Crippen MR) is 144 cm³/mol. The van der Waals surface area contributed by atoms with Crippen LogP contribution in [0.15, 0.2) is 48.7 Å². The molecule has 1 atom stereocenters. The first-order chi connectivity index (χ1) is 19.0. The predicted octanol–water partition coefficient (Wildman–Crippen LogP) is 4.00. The summed E-state index contributed by atoms with van der Waals surface area (Å²) >= 11 is 5.94. The van der Waals surface area contributed by atoms with Gasteiger partial charge in [-0.25, -0.2) is 19.7 Å². The van der Waals surface area contributed by atoms with Gasteiger partial charge in [-0.3, -0.25) is 9.88 Å². The van der Waals surface area contributed by atoms with E-state index in [0.29, 0.717) is 41.6 Å². The molecule has 202 valence electrons. The molecule has 0 aromatic carbocycles. The second kappa shape index (κ2) is 11.3. The average Bonchev–Trinajstić information content (AvgIpc) is 3.25. The van der Waals surface area contributed by atoms with Crippen LogP contribution in [0.25, 0.3) is 11.2 Å². The standard InChI is InChI=1S/C28H29ClN6O4/c29-18-4-5-19(30-15-18)14-20-2-1-3-26(31-20)39-21-8-11-34(12-9-21)17-25-32-23-6-7-24(28(36)37)33-27(23)35(25)16-22-10-13-38-22/h1-7,15,21-22H,8-14,16-17H2,(H,36,37). The summed E-state index contributed by atoms with van der Waals surface area (Å²) < 4.78 is 13.9. The fraction of sp³-hybridized carbons (Fsp3) is 0.393. The van der Waals surface area contributed by atoms with Gasteiger partial charge in [0.25, 0.3) is 0 Å². The van der Waals surface area contributed by atoms with Crippen LogP contribution in [0.3, 0.4) is 0 Å². The van der Waals surface area contributed by atoms with E-state index in [1.165, 1.54) is 6.07 Å². The van der Waals surface area contributed by atoms with E-state index in [1.54, 1.807) is 12.3 Å². The molecule has 4 aromatic rings. The number of carboxylic acids is 1. The first kappa shape index (κ1) is 25.7. The van der Waals surface area contributed by atoms with Gasteiger partial charge in [-0.05, 0) is 49.6 Å². The van der Waals surface area contributed by atoms with Crippen molar-refractivity contribution in [3.05, 3.63) is 76.6 Å². The molecule has 0 spiro atoms. The van der Waals surface area contributed by atoms with E-state index in [9.17, 15) is 9.90 Å². The third-order valence-corrected chi connectivity index (χ3v) is 7.41. The van der Waals surface area contributed by atoms with Gasteiger partial charge in [-0.1, -0.05) is 17.7 Å². The van der Waals surface area contributed by atoms with Gasteiger partial charge in [-0.15, -0.1) is 0 Å². The number of rotatable bonds is 9. The largest absolute Gasteiger partial charge is 0.477 e. The molecule has 0 radical (unpaired) electrons. The topological polar surface area (TPSA) is 115 Å². The maximum Gasteiger partial charge on any atom is 0.354 e. The lowest BCUT2D eigenvalue weighted by atomic mass is 10.1. The summed E-state index contributed by atoms with van der Waals surface area (Å²) in [7, 11) is 0. The highest BCUT2D eigenvalue weighted by Crippen LogP contribution is 2.24. The Bertz CT molecular complexity index is 1460. The number of nitrogens with zero attached hydrogens (tertiary/aromatic N) is 6. The van der Waals surface area contributed by atoms with Gasteiger partial charge in [0.2, 0.25) is 5.88 Å². The summed E-state index contributed by atoms with van der Waals surface area (Å²) in [6, 6.07) is 12.8. The number of ether oxygens (including phenoxy) is 2. The summed E-state index contributed by atoms with van der Waals surface area (Å²) in [4.78, 5) is 32.1. The molecule has 2 aliphatic rings. The normalized spacial score (nSPS) is 18.2. The second-order valence-electron chi connectivity index (χ2n) is 9.97. The third kappa shape index (κ3) is 6.03. The molecule has 0 aliphatic carbocycles. The molecule has 2 saturated heterocycles. The van der Waals surface area contributed by atoms with Crippen molar-refractivity contribution in [2.45, 2.75) is 51.0 Å². The smallest absolute Gasteiger partial charge is 0.354 e. The van der Waals surface area contributed by atoms with E-state index in [-0.39, 0.29) is 17.9 Å². The fourth-order valence-electron chi connectivity index (χ4n) is 4.99. The van der Waals surface area contributed by atoms with Crippen molar-refractivity contribution in [1.29, 1.82) is 0 Å². The molecule has 6 rings (SSSR count). The number of halogens is 1. The average molecular weight is 549 g/mol. The number of hydrogen-bond acceptors (Lipinski definition) is 8. The zero-order chi connectivity index (χ0) is 26.8. The van der Waals surface area contributed by atoms with Crippen LogP contribution >= 0.6 is 11.6 Å². The Balaban J connectivity index is 1.09. The second-order valence-corrected chi connectivity index (χ2v) is 10.4. The lowest BCUT2D eigenvalue weighted by molar-refractivity contribution is -0.0593. The van der Waals surface area contributed by atoms with Crippen LogP contribution < -0.4 is 4.74 Å². The molecule has 1 unspecified atom stereocenters. The van der Waals surface area contributed by atoms with Gasteiger partial charge in [0.05, 0.1) is 29.9 Å². The maximum atomic E-state index is 11.5. The van der Waals surface area contributed by atoms with Crippen molar-refractivity contribution in [2.75, 3.05) is 19.7 Å². The number of carboxylic acid groups (broad SMARTS) is 1. The van der Waals surface area contributed by atoms with Gasteiger partial charge in [0.1, 0.15) is 17.4 Å². The molecule has 0 saturated carbocycles. The van der Waals surface area contributed by atoms with Crippen LogP contribution in [-0.2, 0) is 24.2 Å². The highest BCUT2D eigenvalue weighted by Gasteiger charge is 2.26. The van der Waals surface area contributed by atoms with E-state index in [2.05, 4.69) is 19.9 Å². The van der Waals surface area contributed by atoms with Crippen molar-refractivity contribution in [3.63, 3.8) is 0 Å². The first-order valence-electron chi connectivity index (χ1n) is 13.2. The molecule has 2 fully saturated rings. The minimum Gasteiger partial charge on any atom is -0.477 e. The summed E-state index contributed by atoms with van der Waals surface area (Å²) in [5.41, 5.74) is 3.12. The Morgan fingerprint density at radius 1 is 1.05 bits per heavy atom. The molecule has 0 bridgehead atoms. The molecule has 39 heavy (non-hydrogen) atoms. The molecular formula is C28H29ClN6O4. The van der Waals surface area contributed by atoms with Crippen molar-refractivity contribution in [2.24, 2.45) is 0 Å². The number of fused-ring (bicyclic) bond motifs is 1. The Hall–Kier alpha value is -3.60. The molecule has 0 amide bonds. The van der Waals surface area contributed by atoms with Crippen LogP contribution in [0.1, 0.15) is 47.0 Å². The van der Waals surface area contributed by atoms with Crippen molar-refractivity contribution >= 4 is 28.7 Å². The number of imidazole rings is 1. The van der Waals surface area contributed by atoms with Crippen LogP contribution in [0, 0.1) is 0 Å². The molecule has 11 heteroatoms. The van der Waals surface area contributed by atoms with Crippen molar-refractivity contribution in [3.8, 4) is 5.88 Å². The van der Waals surface area contributed by atoms with Crippen LogP contribution in [0.4, 0.5) is 0 Å². The highest BCUT2D eigenvalue weighted by molar-refractivity contribution is 6.30. The van der Waals surface area contributed by atoms with Gasteiger partial charge in [-0.2, -0.15) is 0 Å². The van der Waals surface area contributed by atoms with Gasteiger partial charge in [0, 0.05) is 44.1 Å². The highest BCUT2D eigenvalue weighted by atomic mass is 35.5. The number of carbonyl (C=O) groups is 1. The molecular weight excluding hydrogens is 520 g/mol. The summed E-state index contributed by atoms with van der Waals surface area (Å²) in [6.45, 7) is 3.74. The number of piperidine rings is 1. The maximum absolute atomic E-state index is 11.5. The van der Waals surface area contributed by atoms with Gasteiger partial charge >= 0.3 is 5.97 Å². The van der Waals surface area contributed by atoms with Crippen LogP contribution in [-0.4, -0.2) is 72.4 Å². The number of aromatic carboxylic acids is 1. The lowest BCUT2D eigenvalue weighted by Gasteiger charge is -2.32. The number of hydrogen-bond donors (Lipinski definition) is 1. The molecule has 4 aromatic heterocycles. The minimum absolute atomic E-state index is 0.0183. The van der Waals surface area contributed by atoms with E-state index in [1.807, 2.05) is 34.9 Å². The van der Waals surface area contributed by atoms with Crippen molar-refractivity contribution < 1.29 is 19.4 Å². The summed E-state index contributed by atoms with van der Waals surface area (Å²) in [5.74, 6) is 0.456. The Kier molecular flexibility index (Phi) is 7.40. The first-order valence-corrected chi connectivity index (χ1v) is 13.5. The Morgan fingerprint density at radius 2 is 1.90 bits per heavy atom. The number of pyridine rings is 3. The van der Waals surface area contributed by atoms with Crippen LogP contribution in [0.2, 0.25) is 5.02 Å². The van der Waals surface area contributed by atoms with Gasteiger partial charge < -0.3 is 19.1 Å².